The predicted octanol–water partition coefficient (Wildman–Crippen LogP) is 4.37. The van der Waals surface area contributed by atoms with E-state index in [2.05, 4.69) is 10.3 Å². The average Bonchev–Trinajstić information content (AvgIpc) is 3.28. The third kappa shape index (κ3) is 3.81. The molecule has 2 aromatic carbocycles. The van der Waals surface area contributed by atoms with Crippen LogP contribution in [0.4, 0.5) is 15.8 Å². The second kappa shape index (κ2) is 7.95. The third-order valence-electron chi connectivity index (χ3n) is 5.07. The maximum Gasteiger partial charge on any atom is 0.257 e. The summed E-state index contributed by atoms with van der Waals surface area (Å²) in [5, 5.41) is 3.82. The number of ether oxygens (including phenoxy) is 2. The van der Waals surface area contributed by atoms with Gasteiger partial charge in [0.05, 0.1) is 31.0 Å². The molecule has 0 spiro atoms. The third-order valence-corrected chi connectivity index (χ3v) is 5.07. The summed E-state index contributed by atoms with van der Waals surface area (Å²) in [5.74, 6) is 0.697. The molecule has 0 saturated carbocycles. The normalized spacial score (nSPS) is 13.6. The molecule has 29 heavy (non-hydrogen) atoms. The molecule has 2 heterocycles. The molecular weight excluding hydrogens is 373 g/mol. The van der Waals surface area contributed by atoms with Crippen molar-refractivity contribution in [2.45, 2.75) is 12.8 Å². The van der Waals surface area contributed by atoms with Gasteiger partial charge in [0.2, 0.25) is 0 Å². The van der Waals surface area contributed by atoms with Crippen molar-refractivity contribution < 1.29 is 18.7 Å². The van der Waals surface area contributed by atoms with Crippen molar-refractivity contribution >= 4 is 28.2 Å². The molecule has 0 bridgehead atoms. The molecule has 7 heteroatoms. The van der Waals surface area contributed by atoms with Crippen LogP contribution in [0.15, 0.2) is 42.6 Å². The van der Waals surface area contributed by atoms with Gasteiger partial charge in [-0.15, -0.1) is 0 Å². The number of benzene rings is 2. The van der Waals surface area contributed by atoms with Crippen molar-refractivity contribution in [2.24, 2.45) is 0 Å². The number of carbonyl (C=O) groups excluding carboxylic acids is 1. The van der Waals surface area contributed by atoms with Gasteiger partial charge in [-0.1, -0.05) is 0 Å². The summed E-state index contributed by atoms with van der Waals surface area (Å²) in [4.78, 5) is 19.3. The average molecular weight is 395 g/mol. The van der Waals surface area contributed by atoms with E-state index in [-0.39, 0.29) is 5.91 Å². The van der Waals surface area contributed by atoms with Crippen molar-refractivity contribution in [2.75, 3.05) is 32.6 Å². The fourth-order valence-corrected chi connectivity index (χ4v) is 3.58. The summed E-state index contributed by atoms with van der Waals surface area (Å²) < 4.78 is 24.7. The van der Waals surface area contributed by atoms with Gasteiger partial charge in [-0.25, -0.2) is 4.39 Å². The number of hydrogen-bond acceptors (Lipinski definition) is 5. The minimum Gasteiger partial charge on any atom is -0.497 e. The summed E-state index contributed by atoms with van der Waals surface area (Å²) in [6.45, 7) is 1.43. The first-order valence-corrected chi connectivity index (χ1v) is 9.46. The smallest absolute Gasteiger partial charge is 0.257 e. The number of aromatic nitrogens is 1. The van der Waals surface area contributed by atoms with E-state index in [1.807, 2.05) is 0 Å². The van der Waals surface area contributed by atoms with Crippen LogP contribution in [0.25, 0.3) is 10.9 Å². The minimum absolute atomic E-state index is 0.112. The molecule has 0 atom stereocenters. The number of methoxy groups -OCH3 is 2. The van der Waals surface area contributed by atoms with Gasteiger partial charge < -0.3 is 19.7 Å². The SMILES string of the molecule is COc1cc(Nc2c(C(=O)N3CCCC3)cnc3ccc(F)cc23)cc(OC)c1. The number of carbonyl (C=O) groups is 1. The molecule has 0 aliphatic carbocycles. The zero-order valence-corrected chi connectivity index (χ0v) is 16.4. The van der Waals surface area contributed by atoms with Gasteiger partial charge in [0.15, 0.2) is 0 Å². The molecule has 0 radical (unpaired) electrons. The topological polar surface area (TPSA) is 63.7 Å². The van der Waals surface area contributed by atoms with Gasteiger partial charge in [0, 0.05) is 48.6 Å². The maximum absolute atomic E-state index is 14.0. The monoisotopic (exact) mass is 395 g/mol. The number of anilines is 2. The van der Waals surface area contributed by atoms with Gasteiger partial charge in [-0.3, -0.25) is 9.78 Å². The van der Waals surface area contributed by atoms with Gasteiger partial charge >= 0.3 is 0 Å². The lowest BCUT2D eigenvalue weighted by atomic mass is 10.1. The van der Waals surface area contributed by atoms with Gasteiger partial charge in [-0.2, -0.15) is 0 Å². The highest BCUT2D eigenvalue weighted by atomic mass is 19.1. The zero-order chi connectivity index (χ0) is 20.4. The molecule has 4 rings (SSSR count). The Morgan fingerprint density at radius 2 is 1.76 bits per heavy atom. The summed E-state index contributed by atoms with van der Waals surface area (Å²) in [7, 11) is 3.14. The molecule has 1 fully saturated rings. The number of pyridine rings is 1. The standard InChI is InChI=1S/C22H22FN3O3/c1-28-16-10-15(11-17(12-16)29-2)25-21-18-9-14(23)5-6-20(18)24-13-19(21)22(27)26-7-3-4-8-26/h5-6,9-13H,3-4,7-8H2,1-2H3,(H,24,25). The lowest BCUT2D eigenvalue weighted by molar-refractivity contribution is 0.0793. The van der Waals surface area contributed by atoms with E-state index in [9.17, 15) is 9.18 Å². The van der Waals surface area contributed by atoms with E-state index in [0.717, 1.165) is 12.8 Å². The molecule has 1 saturated heterocycles. The molecular formula is C22H22FN3O3. The summed E-state index contributed by atoms with van der Waals surface area (Å²) in [6.07, 6.45) is 3.52. The van der Waals surface area contributed by atoms with E-state index >= 15 is 0 Å². The van der Waals surface area contributed by atoms with Crippen LogP contribution < -0.4 is 14.8 Å². The van der Waals surface area contributed by atoms with Crippen molar-refractivity contribution in [3.63, 3.8) is 0 Å². The van der Waals surface area contributed by atoms with Gasteiger partial charge in [-0.05, 0) is 31.0 Å². The summed E-state index contributed by atoms with van der Waals surface area (Å²) >= 11 is 0. The molecule has 6 nitrogen and oxygen atoms in total. The molecule has 1 aromatic heterocycles. The quantitative estimate of drug-likeness (QED) is 0.695. The first-order chi connectivity index (χ1) is 14.1. The number of halogens is 1. The summed E-state index contributed by atoms with van der Waals surface area (Å²) in [5.41, 5.74) is 2.18. The van der Waals surface area contributed by atoms with Gasteiger partial charge in [0.1, 0.15) is 17.3 Å². The zero-order valence-electron chi connectivity index (χ0n) is 16.4. The van der Waals surface area contributed by atoms with E-state index in [1.165, 1.54) is 12.1 Å². The Balaban J connectivity index is 1.85. The summed E-state index contributed by atoms with van der Waals surface area (Å²) in [6, 6.07) is 9.69. The van der Waals surface area contributed by atoms with Crippen LogP contribution in [-0.2, 0) is 0 Å². The Morgan fingerprint density at radius 3 is 2.41 bits per heavy atom. The Morgan fingerprint density at radius 1 is 1.07 bits per heavy atom. The number of likely N-dealkylation sites (tertiary alicyclic amines) is 1. The largest absolute Gasteiger partial charge is 0.497 e. The van der Waals surface area contributed by atoms with Crippen LogP contribution in [0.3, 0.4) is 0 Å². The molecule has 1 aliphatic rings. The van der Waals surface area contributed by atoms with E-state index in [0.29, 0.717) is 52.4 Å². The molecule has 1 N–H and O–H groups in total. The number of rotatable bonds is 5. The molecule has 1 amide bonds. The number of nitrogens with one attached hydrogen (secondary N) is 1. The van der Waals surface area contributed by atoms with E-state index in [4.69, 9.17) is 9.47 Å². The van der Waals surface area contributed by atoms with Crippen LogP contribution in [0.5, 0.6) is 11.5 Å². The molecule has 0 unspecified atom stereocenters. The van der Waals surface area contributed by atoms with Gasteiger partial charge in [0.25, 0.3) is 5.91 Å². The second-order valence-corrected chi connectivity index (χ2v) is 6.93. The fraction of sp³-hybridized carbons (Fsp3) is 0.273. The minimum atomic E-state index is -0.392. The highest BCUT2D eigenvalue weighted by molar-refractivity contribution is 6.08. The van der Waals surface area contributed by atoms with Crippen molar-refractivity contribution in [1.82, 2.24) is 9.88 Å². The van der Waals surface area contributed by atoms with Crippen LogP contribution in [0.1, 0.15) is 23.2 Å². The fourth-order valence-electron chi connectivity index (χ4n) is 3.58. The van der Waals surface area contributed by atoms with Crippen LogP contribution >= 0.6 is 0 Å². The van der Waals surface area contributed by atoms with Crippen LogP contribution in [0, 0.1) is 5.82 Å². The lowest BCUT2D eigenvalue weighted by Crippen LogP contribution is -2.28. The van der Waals surface area contributed by atoms with E-state index in [1.54, 1.807) is 49.6 Å². The second-order valence-electron chi connectivity index (χ2n) is 6.93. The number of nitrogens with zero attached hydrogens (tertiary/aromatic N) is 2. The number of amides is 1. The molecule has 150 valence electrons. The molecule has 3 aromatic rings. The van der Waals surface area contributed by atoms with Crippen molar-refractivity contribution in [3.05, 3.63) is 54.0 Å². The van der Waals surface area contributed by atoms with Crippen molar-refractivity contribution in [1.29, 1.82) is 0 Å². The van der Waals surface area contributed by atoms with Crippen LogP contribution in [-0.4, -0.2) is 43.1 Å². The Bertz CT molecular complexity index is 1040. The Hall–Kier alpha value is -3.35. The first kappa shape index (κ1) is 19.0. The first-order valence-electron chi connectivity index (χ1n) is 9.46. The number of fused-ring (bicyclic) bond motifs is 1. The highest BCUT2D eigenvalue weighted by Crippen LogP contribution is 2.34. The Kier molecular flexibility index (Phi) is 5.20. The predicted molar refractivity (Wildman–Crippen MR) is 110 cm³/mol. The maximum atomic E-state index is 14.0. The molecule has 1 aliphatic heterocycles. The highest BCUT2D eigenvalue weighted by Gasteiger charge is 2.24. The van der Waals surface area contributed by atoms with Crippen molar-refractivity contribution in [3.8, 4) is 11.5 Å². The van der Waals surface area contributed by atoms with Crippen LogP contribution in [0.2, 0.25) is 0 Å². The van der Waals surface area contributed by atoms with E-state index < -0.39 is 5.82 Å². The Labute approximate surface area is 168 Å². The lowest BCUT2D eigenvalue weighted by Gasteiger charge is -2.20. The number of hydrogen-bond donors (Lipinski definition) is 1.